The molecule has 0 radical (unpaired) electrons. The normalized spacial score (nSPS) is 18.5. The van der Waals surface area contributed by atoms with E-state index >= 15 is 0 Å². The van der Waals surface area contributed by atoms with Gasteiger partial charge in [-0.3, -0.25) is 5.32 Å². The van der Waals surface area contributed by atoms with Gasteiger partial charge in [-0.25, -0.2) is 13.6 Å². The van der Waals surface area contributed by atoms with Gasteiger partial charge in [-0.2, -0.15) is 11.8 Å². The molecule has 1 fully saturated rings. The van der Waals surface area contributed by atoms with Gasteiger partial charge in [0.1, 0.15) is 11.6 Å². The Morgan fingerprint density at radius 2 is 2.13 bits per heavy atom. The molecule has 3 nitrogen and oxygen atoms in total. The van der Waals surface area contributed by atoms with E-state index in [2.05, 4.69) is 5.32 Å². The van der Waals surface area contributed by atoms with Crippen LogP contribution < -0.4 is 5.32 Å². The Bertz CT molecular complexity index is 679. The summed E-state index contributed by atoms with van der Waals surface area (Å²) in [5.41, 5.74) is 0.385. The van der Waals surface area contributed by atoms with Crippen LogP contribution in [0.25, 0.3) is 0 Å². The fourth-order valence-corrected chi connectivity index (χ4v) is 4.37. The first-order valence-corrected chi connectivity index (χ1v) is 9.22. The number of thioether (sulfide) groups is 1. The molecule has 7 heteroatoms. The van der Waals surface area contributed by atoms with Gasteiger partial charge in [-0.15, -0.1) is 11.3 Å². The van der Waals surface area contributed by atoms with Gasteiger partial charge in [0.2, 0.25) is 0 Å². The van der Waals surface area contributed by atoms with Crippen LogP contribution in [-0.2, 0) is 0 Å². The number of hydrogen-bond donors (Lipinski definition) is 1. The largest absolute Gasteiger partial charge is 0.324 e. The zero-order chi connectivity index (χ0) is 16.2. The Morgan fingerprint density at radius 1 is 1.26 bits per heavy atom. The molecule has 2 aromatic rings. The van der Waals surface area contributed by atoms with Crippen molar-refractivity contribution in [2.75, 3.05) is 24.2 Å². The molecule has 0 bridgehead atoms. The van der Waals surface area contributed by atoms with Crippen molar-refractivity contribution in [1.29, 1.82) is 0 Å². The molecule has 1 saturated heterocycles. The Kier molecular flexibility index (Phi) is 5.17. The molecular formula is C16H16F2N2OS2. The van der Waals surface area contributed by atoms with Gasteiger partial charge in [0.15, 0.2) is 0 Å². The summed E-state index contributed by atoms with van der Waals surface area (Å²) in [4.78, 5) is 14.0. The van der Waals surface area contributed by atoms with Crippen molar-refractivity contribution in [3.05, 3.63) is 52.9 Å². The molecule has 1 aromatic carbocycles. The molecule has 0 aliphatic carbocycles. The van der Waals surface area contributed by atoms with E-state index in [0.29, 0.717) is 30.8 Å². The molecule has 1 aliphatic rings. The lowest BCUT2D eigenvalue weighted by Gasteiger charge is -2.20. The first kappa shape index (κ1) is 16.3. The van der Waals surface area contributed by atoms with Crippen LogP contribution in [0.15, 0.2) is 35.7 Å². The number of carbonyl (C=O) groups is 1. The Hall–Kier alpha value is -1.60. The Balaban J connectivity index is 1.65. The van der Waals surface area contributed by atoms with Crippen molar-refractivity contribution >= 4 is 34.1 Å². The van der Waals surface area contributed by atoms with E-state index in [9.17, 15) is 13.6 Å². The van der Waals surface area contributed by atoms with E-state index in [1.54, 1.807) is 16.7 Å². The van der Waals surface area contributed by atoms with Gasteiger partial charge in [0.05, 0.1) is 5.00 Å². The molecule has 1 unspecified atom stereocenters. The van der Waals surface area contributed by atoms with Gasteiger partial charge in [-0.05, 0) is 42.1 Å². The molecule has 2 heterocycles. The van der Waals surface area contributed by atoms with Crippen LogP contribution in [0.5, 0.6) is 0 Å². The molecule has 3 rings (SSSR count). The van der Waals surface area contributed by atoms with Gasteiger partial charge < -0.3 is 4.90 Å². The van der Waals surface area contributed by atoms with Crippen molar-refractivity contribution in [3.63, 3.8) is 0 Å². The highest BCUT2D eigenvalue weighted by atomic mass is 32.2. The first-order valence-electron chi connectivity index (χ1n) is 7.29. The quantitative estimate of drug-likeness (QED) is 0.845. The highest BCUT2D eigenvalue weighted by molar-refractivity contribution is 7.99. The topological polar surface area (TPSA) is 32.3 Å². The molecule has 122 valence electrons. The van der Waals surface area contributed by atoms with Crippen LogP contribution in [0.4, 0.5) is 18.6 Å². The third kappa shape index (κ3) is 4.03. The molecular weight excluding hydrogens is 338 g/mol. The lowest BCUT2D eigenvalue weighted by Crippen LogP contribution is -2.36. The second-order valence-electron chi connectivity index (χ2n) is 5.21. The molecule has 1 N–H and O–H groups in total. The van der Waals surface area contributed by atoms with Gasteiger partial charge in [0.25, 0.3) is 0 Å². The maximum atomic E-state index is 13.9. The third-order valence-electron chi connectivity index (χ3n) is 3.68. The average molecular weight is 354 g/mol. The SMILES string of the molecule is O=C(Nc1cccs1)N1CCSC(c2cc(F)ccc2F)CC1. The summed E-state index contributed by atoms with van der Waals surface area (Å²) >= 11 is 3.03. The van der Waals surface area contributed by atoms with Gasteiger partial charge >= 0.3 is 6.03 Å². The summed E-state index contributed by atoms with van der Waals surface area (Å²) in [6.45, 7) is 1.11. The van der Waals surface area contributed by atoms with E-state index in [1.807, 2.05) is 17.5 Å². The zero-order valence-electron chi connectivity index (χ0n) is 12.3. The minimum atomic E-state index is -0.432. The smallest absolute Gasteiger partial charge is 0.322 e. The summed E-state index contributed by atoms with van der Waals surface area (Å²) in [5.74, 6) is -0.127. The monoisotopic (exact) mass is 354 g/mol. The van der Waals surface area contributed by atoms with E-state index in [-0.39, 0.29) is 17.1 Å². The predicted molar refractivity (Wildman–Crippen MR) is 91.1 cm³/mol. The number of halogens is 2. The number of nitrogens with zero attached hydrogens (tertiary/aromatic N) is 1. The summed E-state index contributed by atoms with van der Waals surface area (Å²) in [6.07, 6.45) is 0.600. The number of carbonyl (C=O) groups excluding carboxylic acids is 1. The summed E-state index contributed by atoms with van der Waals surface area (Å²) in [7, 11) is 0. The Labute approximate surface area is 141 Å². The van der Waals surface area contributed by atoms with Crippen molar-refractivity contribution in [2.45, 2.75) is 11.7 Å². The number of rotatable bonds is 2. The van der Waals surface area contributed by atoms with Crippen LogP contribution in [0.2, 0.25) is 0 Å². The molecule has 0 spiro atoms. The molecule has 23 heavy (non-hydrogen) atoms. The average Bonchev–Trinajstić information content (AvgIpc) is 2.91. The molecule has 1 aromatic heterocycles. The van der Waals surface area contributed by atoms with E-state index < -0.39 is 5.82 Å². The van der Waals surface area contributed by atoms with Crippen molar-refractivity contribution in [3.8, 4) is 0 Å². The molecule has 0 saturated carbocycles. The zero-order valence-corrected chi connectivity index (χ0v) is 13.9. The number of urea groups is 1. The minimum Gasteiger partial charge on any atom is -0.324 e. The van der Waals surface area contributed by atoms with Gasteiger partial charge in [-0.1, -0.05) is 0 Å². The number of amides is 2. The van der Waals surface area contributed by atoms with Crippen molar-refractivity contribution in [2.24, 2.45) is 0 Å². The van der Waals surface area contributed by atoms with Crippen LogP contribution in [0, 0.1) is 11.6 Å². The number of nitrogens with one attached hydrogen (secondary N) is 1. The summed E-state index contributed by atoms with van der Waals surface area (Å²) in [6, 6.07) is 7.13. The standard InChI is InChI=1S/C16H16F2N2OS2/c17-11-3-4-13(18)12(10-11)14-5-6-20(7-9-22-14)16(21)19-15-2-1-8-23-15/h1-4,8,10,14H,5-7,9H2,(H,19,21). The van der Waals surface area contributed by atoms with Crippen LogP contribution in [0.3, 0.4) is 0 Å². The number of benzene rings is 1. The molecule has 2 amide bonds. The van der Waals surface area contributed by atoms with Crippen LogP contribution >= 0.6 is 23.1 Å². The van der Waals surface area contributed by atoms with Crippen LogP contribution in [-0.4, -0.2) is 29.8 Å². The number of thiophene rings is 1. The second kappa shape index (κ2) is 7.31. The highest BCUT2D eigenvalue weighted by Crippen LogP contribution is 2.36. The van der Waals surface area contributed by atoms with E-state index in [4.69, 9.17) is 0 Å². The second-order valence-corrected chi connectivity index (χ2v) is 7.47. The lowest BCUT2D eigenvalue weighted by molar-refractivity contribution is 0.215. The fourth-order valence-electron chi connectivity index (χ4n) is 2.52. The van der Waals surface area contributed by atoms with Gasteiger partial charge in [0, 0.05) is 29.7 Å². The van der Waals surface area contributed by atoms with Crippen LogP contribution in [0.1, 0.15) is 17.2 Å². The maximum absolute atomic E-state index is 13.9. The minimum absolute atomic E-state index is 0.134. The molecule has 1 aliphatic heterocycles. The van der Waals surface area contributed by atoms with Crippen molar-refractivity contribution in [1.82, 2.24) is 4.90 Å². The lowest BCUT2D eigenvalue weighted by atomic mass is 10.1. The summed E-state index contributed by atoms with van der Waals surface area (Å²) < 4.78 is 27.3. The first-order chi connectivity index (χ1) is 11.1. The highest BCUT2D eigenvalue weighted by Gasteiger charge is 2.24. The van der Waals surface area contributed by atoms with E-state index in [1.165, 1.54) is 17.4 Å². The van der Waals surface area contributed by atoms with E-state index in [0.717, 1.165) is 17.1 Å². The molecule has 1 atom stereocenters. The summed E-state index contributed by atoms with van der Waals surface area (Å²) in [5, 5.41) is 5.43. The third-order valence-corrected chi connectivity index (χ3v) is 5.78. The number of anilines is 1. The Morgan fingerprint density at radius 3 is 2.91 bits per heavy atom. The van der Waals surface area contributed by atoms with Crippen molar-refractivity contribution < 1.29 is 13.6 Å². The number of hydrogen-bond acceptors (Lipinski definition) is 3. The predicted octanol–water partition coefficient (Wildman–Crippen LogP) is 4.74. The fraction of sp³-hybridized carbons (Fsp3) is 0.312. The maximum Gasteiger partial charge on any atom is 0.322 e.